The van der Waals surface area contributed by atoms with E-state index in [1.807, 2.05) is 27.7 Å². The van der Waals surface area contributed by atoms with E-state index in [2.05, 4.69) is 17.1 Å². The fourth-order valence-corrected chi connectivity index (χ4v) is 3.12. The number of methoxy groups -OCH3 is 1. The lowest BCUT2D eigenvalue weighted by atomic mass is 9.85. The first-order chi connectivity index (χ1) is 11.2. The summed E-state index contributed by atoms with van der Waals surface area (Å²) >= 11 is 0. The van der Waals surface area contributed by atoms with Gasteiger partial charge in [0.15, 0.2) is 0 Å². The summed E-state index contributed by atoms with van der Waals surface area (Å²) in [7, 11) is 1.68. The van der Waals surface area contributed by atoms with Crippen LogP contribution in [0.4, 0.5) is 4.79 Å². The second-order valence-corrected chi connectivity index (χ2v) is 7.45. The van der Waals surface area contributed by atoms with E-state index in [0.29, 0.717) is 19.0 Å². The molecule has 0 saturated carbocycles. The summed E-state index contributed by atoms with van der Waals surface area (Å²) in [6, 6.07) is 0. The number of amides is 1. The first-order valence-electron chi connectivity index (χ1n) is 8.55. The van der Waals surface area contributed by atoms with Gasteiger partial charge in [0.05, 0.1) is 18.0 Å². The summed E-state index contributed by atoms with van der Waals surface area (Å²) in [4.78, 5) is 14.0. The van der Waals surface area contributed by atoms with Crippen LogP contribution in [0.5, 0.6) is 0 Å². The van der Waals surface area contributed by atoms with Crippen LogP contribution < -0.4 is 0 Å². The third-order valence-corrected chi connectivity index (χ3v) is 4.41. The summed E-state index contributed by atoms with van der Waals surface area (Å²) < 4.78 is 10.9. The molecule has 2 heterocycles. The first kappa shape index (κ1) is 18.6. The summed E-state index contributed by atoms with van der Waals surface area (Å²) in [6.45, 7) is 11.1. The van der Waals surface area contributed by atoms with Crippen molar-refractivity contribution >= 4 is 6.09 Å². The Morgan fingerprint density at radius 3 is 2.50 bits per heavy atom. The Balaban J connectivity index is 2.09. The van der Waals surface area contributed by atoms with Crippen LogP contribution in [0.25, 0.3) is 0 Å². The molecule has 6 nitrogen and oxygen atoms in total. The molecule has 1 atom stereocenters. The van der Waals surface area contributed by atoms with Gasteiger partial charge in [-0.05, 0) is 64.5 Å². The van der Waals surface area contributed by atoms with Gasteiger partial charge in [-0.25, -0.2) is 4.79 Å². The third-order valence-electron chi connectivity index (χ3n) is 4.41. The van der Waals surface area contributed by atoms with E-state index in [0.717, 1.165) is 24.1 Å². The minimum absolute atomic E-state index is 0.0868. The van der Waals surface area contributed by atoms with E-state index in [4.69, 9.17) is 9.47 Å². The molecule has 0 radical (unpaired) electrons. The quantitative estimate of drug-likeness (QED) is 0.844. The number of rotatable bonds is 3. The molecule has 1 amide bonds. The smallest absolute Gasteiger partial charge is 0.410 e. The Morgan fingerprint density at radius 2 is 1.96 bits per heavy atom. The molecule has 6 heteroatoms. The maximum atomic E-state index is 12.2. The highest BCUT2D eigenvalue weighted by atomic mass is 16.6. The van der Waals surface area contributed by atoms with Crippen LogP contribution in [0.2, 0.25) is 0 Å². The number of aryl methyl sites for hydroxylation is 1. The van der Waals surface area contributed by atoms with Crippen molar-refractivity contribution in [2.75, 3.05) is 20.2 Å². The van der Waals surface area contributed by atoms with Crippen molar-refractivity contribution < 1.29 is 14.3 Å². The lowest BCUT2D eigenvalue weighted by Gasteiger charge is -2.34. The van der Waals surface area contributed by atoms with Crippen molar-refractivity contribution in [2.45, 2.75) is 65.1 Å². The van der Waals surface area contributed by atoms with Crippen LogP contribution >= 0.6 is 0 Å². The van der Waals surface area contributed by atoms with Crippen LogP contribution in [0.1, 0.15) is 69.4 Å². The van der Waals surface area contributed by atoms with Gasteiger partial charge in [0.1, 0.15) is 5.60 Å². The van der Waals surface area contributed by atoms with E-state index in [9.17, 15) is 4.79 Å². The summed E-state index contributed by atoms with van der Waals surface area (Å²) in [5, 5.41) is 8.39. The van der Waals surface area contributed by atoms with E-state index in [1.54, 1.807) is 18.2 Å². The molecule has 2 rings (SSSR count). The summed E-state index contributed by atoms with van der Waals surface area (Å²) in [6.07, 6.45) is 3.29. The van der Waals surface area contributed by atoms with Crippen molar-refractivity contribution in [3.8, 4) is 0 Å². The maximum Gasteiger partial charge on any atom is 0.410 e. The molecule has 0 spiro atoms. The van der Waals surface area contributed by atoms with Gasteiger partial charge in [-0.15, -0.1) is 0 Å². The molecule has 0 aromatic carbocycles. The van der Waals surface area contributed by atoms with Gasteiger partial charge >= 0.3 is 6.09 Å². The highest BCUT2D eigenvalue weighted by Crippen LogP contribution is 2.34. The van der Waals surface area contributed by atoms with Crippen LogP contribution in [0.15, 0.2) is 6.20 Å². The largest absolute Gasteiger partial charge is 0.444 e. The molecule has 1 fully saturated rings. The first-order valence-corrected chi connectivity index (χ1v) is 8.55. The zero-order valence-electron chi connectivity index (χ0n) is 15.6. The molecule has 134 valence electrons. The monoisotopic (exact) mass is 335 g/mol. The molecule has 0 bridgehead atoms. The van der Waals surface area contributed by atoms with Crippen molar-refractivity contribution in [3.63, 3.8) is 0 Å². The highest BCUT2D eigenvalue weighted by molar-refractivity contribution is 5.68. The third kappa shape index (κ3) is 4.44. The highest BCUT2D eigenvalue weighted by Gasteiger charge is 2.30. The molecule has 1 aromatic rings. The Hall–Kier alpha value is -1.69. The number of hydrogen-bond donors (Lipinski definition) is 0. The molecular formula is C18H29N3O3. The second kappa shape index (κ2) is 7.47. The zero-order valence-corrected chi connectivity index (χ0v) is 15.6. The number of carbonyl (C=O) groups is 1. The molecule has 24 heavy (non-hydrogen) atoms. The van der Waals surface area contributed by atoms with Gasteiger partial charge in [-0.1, -0.05) is 0 Å². The number of likely N-dealkylation sites (tertiary alicyclic amines) is 1. The van der Waals surface area contributed by atoms with E-state index in [1.165, 1.54) is 5.56 Å². The molecule has 0 aliphatic carbocycles. The lowest BCUT2D eigenvalue weighted by molar-refractivity contribution is 0.0203. The van der Waals surface area contributed by atoms with Crippen LogP contribution in [-0.4, -0.2) is 47.0 Å². The van der Waals surface area contributed by atoms with Crippen molar-refractivity contribution in [1.29, 1.82) is 0 Å². The normalized spacial score (nSPS) is 17.7. The van der Waals surface area contributed by atoms with Crippen molar-refractivity contribution in [1.82, 2.24) is 15.1 Å². The number of aromatic nitrogens is 2. The number of ether oxygens (including phenoxy) is 2. The Labute approximate surface area is 144 Å². The van der Waals surface area contributed by atoms with Gasteiger partial charge < -0.3 is 14.4 Å². The molecule has 0 unspecified atom stereocenters. The molecular weight excluding hydrogens is 306 g/mol. The van der Waals surface area contributed by atoms with Gasteiger partial charge in [-0.2, -0.15) is 10.2 Å². The van der Waals surface area contributed by atoms with E-state index in [-0.39, 0.29) is 12.2 Å². The minimum Gasteiger partial charge on any atom is -0.444 e. The SMILES string of the molecule is CO[C@@H](C)c1nncc(C)c1C1CCN(C(=O)OC(C)(C)C)CC1. The molecule has 1 aliphatic rings. The number of hydrogen-bond acceptors (Lipinski definition) is 5. The van der Waals surface area contributed by atoms with Gasteiger partial charge in [0.2, 0.25) is 0 Å². The zero-order chi connectivity index (χ0) is 17.9. The average Bonchev–Trinajstić information content (AvgIpc) is 2.52. The van der Waals surface area contributed by atoms with Crippen molar-refractivity contribution in [2.24, 2.45) is 0 Å². The molecule has 1 saturated heterocycles. The maximum absolute atomic E-state index is 12.2. The molecule has 1 aliphatic heterocycles. The Bertz CT molecular complexity index is 575. The van der Waals surface area contributed by atoms with Crippen LogP contribution in [-0.2, 0) is 9.47 Å². The fraction of sp³-hybridized carbons (Fsp3) is 0.722. The van der Waals surface area contributed by atoms with E-state index >= 15 is 0 Å². The predicted molar refractivity (Wildman–Crippen MR) is 92.0 cm³/mol. The Morgan fingerprint density at radius 1 is 1.33 bits per heavy atom. The standard InChI is InChI=1S/C18H29N3O3/c1-12-11-19-20-16(13(2)23-6)15(12)14-7-9-21(10-8-14)17(22)24-18(3,4)5/h11,13-14H,7-10H2,1-6H3/t13-/m0/s1. The second-order valence-electron chi connectivity index (χ2n) is 7.45. The summed E-state index contributed by atoms with van der Waals surface area (Å²) in [5.74, 6) is 0.367. The predicted octanol–water partition coefficient (Wildman–Crippen LogP) is 3.61. The van der Waals surface area contributed by atoms with Gasteiger partial charge in [0, 0.05) is 20.2 Å². The number of piperidine rings is 1. The van der Waals surface area contributed by atoms with E-state index < -0.39 is 5.60 Å². The summed E-state index contributed by atoms with van der Waals surface area (Å²) in [5.41, 5.74) is 2.82. The van der Waals surface area contributed by atoms with Crippen molar-refractivity contribution in [3.05, 3.63) is 23.0 Å². The fourth-order valence-electron chi connectivity index (χ4n) is 3.12. The Kier molecular flexibility index (Phi) is 5.80. The van der Waals surface area contributed by atoms with Gasteiger partial charge in [-0.3, -0.25) is 0 Å². The van der Waals surface area contributed by atoms with Crippen LogP contribution in [0.3, 0.4) is 0 Å². The number of carbonyl (C=O) groups excluding carboxylic acids is 1. The topological polar surface area (TPSA) is 64.6 Å². The minimum atomic E-state index is -0.458. The number of nitrogens with zero attached hydrogens (tertiary/aromatic N) is 3. The molecule has 1 aromatic heterocycles. The lowest BCUT2D eigenvalue weighted by Crippen LogP contribution is -2.41. The average molecular weight is 335 g/mol. The van der Waals surface area contributed by atoms with Crippen LogP contribution in [0, 0.1) is 6.92 Å². The van der Waals surface area contributed by atoms with Gasteiger partial charge in [0.25, 0.3) is 0 Å². The molecule has 0 N–H and O–H groups in total.